The standard InChI is InChI=1S/C10H6Cl2N2O4S2/c11-7-2-1-5(3-6(7)9(15)16)14-20(17,18)8-4-13-10(12)19-8/h1-4,14H,(H,15,16). The number of nitrogens with zero attached hydrogens (tertiary/aromatic N) is 1. The van der Waals surface area contributed by atoms with Gasteiger partial charge in [-0.25, -0.2) is 18.2 Å². The maximum Gasteiger partial charge on any atom is 0.337 e. The van der Waals surface area contributed by atoms with Crippen molar-refractivity contribution in [3.8, 4) is 0 Å². The van der Waals surface area contributed by atoms with Gasteiger partial charge in [-0.3, -0.25) is 4.72 Å². The second-order valence-electron chi connectivity index (χ2n) is 3.54. The molecule has 0 aliphatic rings. The number of carboxylic acids is 1. The molecular weight excluding hydrogens is 347 g/mol. The average Bonchev–Trinajstić information content (AvgIpc) is 2.78. The van der Waals surface area contributed by atoms with Crippen molar-refractivity contribution in [1.29, 1.82) is 0 Å². The van der Waals surface area contributed by atoms with Gasteiger partial charge in [0.05, 0.1) is 16.8 Å². The number of carbonyl (C=O) groups is 1. The first-order valence-electron chi connectivity index (χ1n) is 4.96. The van der Waals surface area contributed by atoms with Gasteiger partial charge < -0.3 is 5.11 Å². The Morgan fingerprint density at radius 3 is 2.60 bits per heavy atom. The van der Waals surface area contributed by atoms with E-state index < -0.39 is 16.0 Å². The van der Waals surface area contributed by atoms with Crippen LogP contribution in [0.4, 0.5) is 5.69 Å². The number of carboxylic acid groups (broad SMARTS) is 1. The summed E-state index contributed by atoms with van der Waals surface area (Å²) in [6.07, 6.45) is 1.11. The largest absolute Gasteiger partial charge is 0.478 e. The zero-order valence-electron chi connectivity index (χ0n) is 9.50. The van der Waals surface area contributed by atoms with Gasteiger partial charge in [0.25, 0.3) is 10.0 Å². The van der Waals surface area contributed by atoms with E-state index in [1.807, 2.05) is 0 Å². The van der Waals surface area contributed by atoms with Crippen LogP contribution in [0.1, 0.15) is 10.4 Å². The van der Waals surface area contributed by atoms with Crippen LogP contribution >= 0.6 is 34.5 Å². The highest BCUT2D eigenvalue weighted by Crippen LogP contribution is 2.26. The third-order valence-electron chi connectivity index (χ3n) is 2.17. The zero-order valence-corrected chi connectivity index (χ0v) is 12.6. The van der Waals surface area contributed by atoms with Crippen LogP contribution in [0, 0.1) is 0 Å². The molecule has 0 amide bonds. The molecule has 2 N–H and O–H groups in total. The van der Waals surface area contributed by atoms with E-state index in [1.54, 1.807) is 0 Å². The number of sulfonamides is 1. The van der Waals surface area contributed by atoms with E-state index in [-0.39, 0.29) is 24.9 Å². The summed E-state index contributed by atoms with van der Waals surface area (Å²) < 4.78 is 26.3. The predicted octanol–water partition coefficient (Wildman–Crippen LogP) is 2.95. The summed E-state index contributed by atoms with van der Waals surface area (Å²) in [5.74, 6) is -1.25. The van der Waals surface area contributed by atoms with Gasteiger partial charge in [0.15, 0.2) is 8.68 Å². The van der Waals surface area contributed by atoms with Gasteiger partial charge in [-0.1, -0.05) is 34.5 Å². The molecule has 2 rings (SSSR count). The lowest BCUT2D eigenvalue weighted by molar-refractivity contribution is 0.0697. The van der Waals surface area contributed by atoms with E-state index in [2.05, 4.69) is 9.71 Å². The molecule has 20 heavy (non-hydrogen) atoms. The minimum absolute atomic E-state index is 0.0151. The fraction of sp³-hybridized carbons (Fsp3) is 0. The summed E-state index contributed by atoms with van der Waals surface area (Å²) >= 11 is 12.1. The smallest absolute Gasteiger partial charge is 0.337 e. The summed E-state index contributed by atoms with van der Waals surface area (Å²) in [6, 6.07) is 3.78. The minimum Gasteiger partial charge on any atom is -0.478 e. The van der Waals surface area contributed by atoms with Crippen molar-refractivity contribution in [3.63, 3.8) is 0 Å². The van der Waals surface area contributed by atoms with Crippen molar-refractivity contribution in [1.82, 2.24) is 4.98 Å². The van der Waals surface area contributed by atoms with Crippen molar-refractivity contribution in [2.75, 3.05) is 4.72 Å². The number of hydrogen-bond donors (Lipinski definition) is 2. The quantitative estimate of drug-likeness (QED) is 0.881. The van der Waals surface area contributed by atoms with E-state index in [9.17, 15) is 13.2 Å². The highest BCUT2D eigenvalue weighted by Gasteiger charge is 2.19. The van der Waals surface area contributed by atoms with Crippen LogP contribution < -0.4 is 4.72 Å². The van der Waals surface area contributed by atoms with E-state index in [1.165, 1.54) is 12.1 Å². The Bertz CT molecular complexity index is 773. The Morgan fingerprint density at radius 1 is 1.35 bits per heavy atom. The molecule has 0 atom stereocenters. The number of hydrogen-bond acceptors (Lipinski definition) is 5. The number of aromatic carboxylic acids is 1. The highest BCUT2D eigenvalue weighted by atomic mass is 35.5. The maximum absolute atomic E-state index is 12.0. The van der Waals surface area contributed by atoms with Crippen LogP contribution in [0.2, 0.25) is 9.49 Å². The van der Waals surface area contributed by atoms with E-state index in [0.717, 1.165) is 23.6 Å². The van der Waals surface area contributed by atoms with Crippen molar-refractivity contribution in [3.05, 3.63) is 39.4 Å². The summed E-state index contributed by atoms with van der Waals surface area (Å²) in [4.78, 5) is 14.6. The Hall–Kier alpha value is -1.35. The van der Waals surface area contributed by atoms with Crippen molar-refractivity contribution < 1.29 is 18.3 Å². The first kappa shape index (κ1) is 15.0. The van der Waals surface area contributed by atoms with Gasteiger partial charge in [0.1, 0.15) is 0 Å². The first-order chi connectivity index (χ1) is 9.29. The van der Waals surface area contributed by atoms with Crippen LogP contribution in [0.5, 0.6) is 0 Å². The first-order valence-corrected chi connectivity index (χ1v) is 8.02. The highest BCUT2D eigenvalue weighted by molar-refractivity contribution is 7.94. The van der Waals surface area contributed by atoms with Crippen LogP contribution in [0.15, 0.2) is 28.6 Å². The predicted molar refractivity (Wildman–Crippen MR) is 76.3 cm³/mol. The van der Waals surface area contributed by atoms with Crippen LogP contribution in [0.25, 0.3) is 0 Å². The summed E-state index contributed by atoms with van der Waals surface area (Å²) in [5, 5.41) is 8.94. The summed E-state index contributed by atoms with van der Waals surface area (Å²) in [6.45, 7) is 0. The number of aromatic nitrogens is 1. The van der Waals surface area contributed by atoms with E-state index in [4.69, 9.17) is 28.3 Å². The average molecular weight is 353 g/mol. The van der Waals surface area contributed by atoms with Crippen molar-refractivity contribution in [2.24, 2.45) is 0 Å². The van der Waals surface area contributed by atoms with E-state index >= 15 is 0 Å². The Balaban J connectivity index is 2.35. The van der Waals surface area contributed by atoms with Crippen molar-refractivity contribution in [2.45, 2.75) is 4.21 Å². The van der Waals surface area contributed by atoms with Crippen LogP contribution in [-0.4, -0.2) is 24.5 Å². The lowest BCUT2D eigenvalue weighted by Gasteiger charge is -2.07. The van der Waals surface area contributed by atoms with Gasteiger partial charge in [-0.2, -0.15) is 0 Å². The van der Waals surface area contributed by atoms with Crippen molar-refractivity contribution >= 4 is 56.2 Å². The lowest BCUT2D eigenvalue weighted by Crippen LogP contribution is -2.12. The Kier molecular flexibility index (Phi) is 4.19. The second kappa shape index (κ2) is 5.57. The third-order valence-corrected chi connectivity index (χ3v) is 5.46. The fourth-order valence-electron chi connectivity index (χ4n) is 1.32. The van der Waals surface area contributed by atoms with Gasteiger partial charge >= 0.3 is 5.97 Å². The van der Waals surface area contributed by atoms with Gasteiger partial charge in [0.2, 0.25) is 0 Å². The van der Waals surface area contributed by atoms with Crippen LogP contribution in [-0.2, 0) is 10.0 Å². The molecule has 0 aliphatic heterocycles. The molecule has 0 aliphatic carbocycles. The molecule has 0 unspecified atom stereocenters. The van der Waals surface area contributed by atoms with Gasteiger partial charge in [-0.05, 0) is 18.2 Å². The molecule has 0 saturated heterocycles. The molecule has 0 radical (unpaired) electrons. The molecule has 1 aromatic heterocycles. The Morgan fingerprint density at radius 2 is 2.05 bits per heavy atom. The molecule has 10 heteroatoms. The molecule has 106 valence electrons. The van der Waals surface area contributed by atoms with Gasteiger partial charge in [-0.15, -0.1) is 0 Å². The molecule has 2 aromatic rings. The third kappa shape index (κ3) is 3.21. The number of benzene rings is 1. The number of nitrogens with one attached hydrogen (secondary N) is 1. The number of anilines is 1. The maximum atomic E-state index is 12.0. The van der Waals surface area contributed by atoms with E-state index in [0.29, 0.717) is 0 Å². The molecular formula is C10H6Cl2N2O4S2. The number of thiazole rings is 1. The molecule has 0 saturated carbocycles. The second-order valence-corrected chi connectivity index (χ2v) is 7.47. The molecule has 0 bridgehead atoms. The van der Waals surface area contributed by atoms with Crippen LogP contribution in [0.3, 0.4) is 0 Å². The number of halogens is 2. The minimum atomic E-state index is -3.86. The topological polar surface area (TPSA) is 96.4 Å². The lowest BCUT2D eigenvalue weighted by atomic mass is 10.2. The normalized spacial score (nSPS) is 11.3. The molecule has 1 aromatic carbocycles. The molecule has 1 heterocycles. The molecule has 0 spiro atoms. The monoisotopic (exact) mass is 352 g/mol. The molecule has 6 nitrogen and oxygen atoms in total. The summed E-state index contributed by atoms with van der Waals surface area (Å²) in [5.41, 5.74) is -0.120. The summed E-state index contributed by atoms with van der Waals surface area (Å²) in [7, 11) is -3.86. The Labute approximate surface area is 128 Å². The zero-order chi connectivity index (χ0) is 14.9. The fourth-order valence-corrected chi connectivity index (χ4v) is 3.86. The molecule has 0 fully saturated rings. The number of rotatable bonds is 4. The SMILES string of the molecule is O=C(O)c1cc(NS(=O)(=O)c2cnc(Cl)s2)ccc1Cl. The van der Waals surface area contributed by atoms with Gasteiger partial charge in [0, 0.05) is 5.69 Å².